The normalized spacial score (nSPS) is 12.2. The molecule has 2 N–H and O–H groups in total. The van der Waals surface area contributed by atoms with Gasteiger partial charge in [-0.15, -0.1) is 0 Å². The molecule has 0 heterocycles. The summed E-state index contributed by atoms with van der Waals surface area (Å²) in [4.78, 5) is 47.5. The Bertz CT molecular complexity index is 662. The molecule has 0 saturated carbocycles. The van der Waals surface area contributed by atoms with Crippen molar-refractivity contribution < 1.29 is 38.1 Å². The number of carbonyl (C=O) groups is 4. The van der Waals surface area contributed by atoms with Crippen LogP contribution in [0.25, 0.3) is 0 Å². The summed E-state index contributed by atoms with van der Waals surface area (Å²) in [5, 5.41) is 5.13. The van der Waals surface area contributed by atoms with Gasteiger partial charge in [0.25, 0.3) is 0 Å². The lowest BCUT2D eigenvalue weighted by molar-refractivity contribution is -0.152. The van der Waals surface area contributed by atoms with Crippen LogP contribution in [-0.2, 0) is 28.5 Å². The van der Waals surface area contributed by atoms with Gasteiger partial charge in [0.15, 0.2) is 0 Å². The highest BCUT2D eigenvalue weighted by atomic mass is 16.6. The van der Waals surface area contributed by atoms with Gasteiger partial charge >= 0.3 is 24.1 Å². The van der Waals surface area contributed by atoms with Gasteiger partial charge < -0.3 is 29.6 Å². The highest BCUT2D eigenvalue weighted by molar-refractivity contribution is 5.87. The minimum atomic E-state index is -0.955. The van der Waals surface area contributed by atoms with Crippen LogP contribution in [0.15, 0.2) is 12.2 Å². The van der Waals surface area contributed by atoms with Crippen LogP contribution in [0.3, 0.4) is 0 Å². The molecule has 10 nitrogen and oxygen atoms in total. The number of hydrogen-bond donors (Lipinski definition) is 2. The van der Waals surface area contributed by atoms with Crippen LogP contribution >= 0.6 is 0 Å². The second-order valence-electron chi connectivity index (χ2n) is 9.21. The molecule has 0 spiro atoms. The summed E-state index contributed by atoms with van der Waals surface area (Å²) in [6.07, 6.45) is 0.0508. The van der Waals surface area contributed by atoms with E-state index in [1.165, 1.54) is 6.92 Å². The summed E-state index contributed by atoms with van der Waals surface area (Å²) in [5.41, 5.74) is -1.08. The first-order valence-electron chi connectivity index (χ1n) is 10.6. The maximum Gasteiger partial charge on any atom is 0.408 e. The number of carbonyl (C=O) groups excluding carboxylic acids is 4. The number of esters is 2. The fourth-order valence-corrected chi connectivity index (χ4v) is 2.18. The second-order valence-corrected chi connectivity index (χ2v) is 9.21. The average Bonchev–Trinajstić information content (AvgIpc) is 2.60. The van der Waals surface area contributed by atoms with Gasteiger partial charge in [-0.2, -0.15) is 0 Å². The van der Waals surface area contributed by atoms with E-state index < -0.39 is 41.4 Å². The Kier molecular flexibility index (Phi) is 12.4. The highest BCUT2D eigenvalue weighted by Gasteiger charge is 2.25. The van der Waals surface area contributed by atoms with E-state index in [1.54, 1.807) is 41.5 Å². The molecule has 0 fully saturated rings. The fourth-order valence-electron chi connectivity index (χ4n) is 2.18. The van der Waals surface area contributed by atoms with Gasteiger partial charge in [0.05, 0.1) is 0 Å². The first-order chi connectivity index (χ1) is 14.6. The molecule has 0 aromatic heterocycles. The van der Waals surface area contributed by atoms with Crippen molar-refractivity contribution in [1.29, 1.82) is 0 Å². The third-order valence-electron chi connectivity index (χ3n) is 3.47. The predicted octanol–water partition coefficient (Wildman–Crippen LogP) is 3.24. The standard InChI is InChI=1S/C22H38N2O8/c1-15(2)17(25)29-13-14-30-18(26)16(24-20(28)32-22(6,7)8)11-9-10-12-23-19(27)31-21(3,4)5/h16H,1,9-14H2,2-8H3,(H,23,27)(H,24,28)/t16-/m0/s1. The number of alkyl carbamates (subject to hydrolysis) is 2. The van der Waals surface area contributed by atoms with Crippen molar-refractivity contribution in [2.24, 2.45) is 0 Å². The van der Waals surface area contributed by atoms with Gasteiger partial charge in [0, 0.05) is 12.1 Å². The molecule has 0 aliphatic carbocycles. The van der Waals surface area contributed by atoms with Gasteiger partial charge in [0.1, 0.15) is 30.5 Å². The lowest BCUT2D eigenvalue weighted by Crippen LogP contribution is -2.44. The molecule has 0 aromatic rings. The summed E-state index contributed by atoms with van der Waals surface area (Å²) >= 11 is 0. The molecule has 0 aliphatic rings. The fraction of sp³-hybridized carbons (Fsp3) is 0.727. The summed E-state index contributed by atoms with van der Waals surface area (Å²) in [7, 11) is 0. The molecule has 0 rings (SSSR count). The molecule has 2 amide bonds. The predicted molar refractivity (Wildman–Crippen MR) is 118 cm³/mol. The number of amides is 2. The minimum absolute atomic E-state index is 0.129. The zero-order valence-corrected chi connectivity index (χ0v) is 20.3. The highest BCUT2D eigenvalue weighted by Crippen LogP contribution is 2.10. The van der Waals surface area contributed by atoms with Crippen LogP contribution in [0.2, 0.25) is 0 Å². The van der Waals surface area contributed by atoms with E-state index in [1.807, 2.05) is 0 Å². The Hall–Kier alpha value is -2.78. The average molecular weight is 459 g/mol. The number of nitrogens with one attached hydrogen (secondary N) is 2. The van der Waals surface area contributed by atoms with Gasteiger partial charge in [-0.25, -0.2) is 19.2 Å². The summed E-state index contributed by atoms with van der Waals surface area (Å²) < 4.78 is 20.3. The van der Waals surface area contributed by atoms with Crippen LogP contribution < -0.4 is 10.6 Å². The summed E-state index contributed by atoms with van der Waals surface area (Å²) in [5.74, 6) is -1.26. The molecule has 0 saturated heterocycles. The smallest absolute Gasteiger partial charge is 0.408 e. The zero-order chi connectivity index (χ0) is 24.9. The Balaban J connectivity index is 4.61. The van der Waals surface area contributed by atoms with Crippen molar-refractivity contribution in [2.75, 3.05) is 19.8 Å². The minimum Gasteiger partial charge on any atom is -0.461 e. The van der Waals surface area contributed by atoms with E-state index in [4.69, 9.17) is 18.9 Å². The topological polar surface area (TPSA) is 129 Å². The van der Waals surface area contributed by atoms with Crippen LogP contribution in [-0.4, -0.2) is 61.1 Å². The number of ether oxygens (including phenoxy) is 4. The largest absolute Gasteiger partial charge is 0.461 e. The van der Waals surface area contributed by atoms with Crippen LogP contribution in [0, 0.1) is 0 Å². The lowest BCUT2D eigenvalue weighted by Gasteiger charge is -2.23. The summed E-state index contributed by atoms with van der Waals surface area (Å²) in [6.45, 7) is 15.4. The molecule has 184 valence electrons. The maximum absolute atomic E-state index is 12.4. The van der Waals surface area contributed by atoms with Crippen LogP contribution in [0.5, 0.6) is 0 Å². The third-order valence-corrected chi connectivity index (χ3v) is 3.47. The van der Waals surface area contributed by atoms with E-state index in [0.29, 0.717) is 19.4 Å². The lowest BCUT2D eigenvalue weighted by atomic mass is 10.1. The molecule has 0 aliphatic heterocycles. The van der Waals surface area contributed by atoms with E-state index in [2.05, 4.69) is 17.2 Å². The molecule has 0 unspecified atom stereocenters. The number of rotatable bonds is 11. The molecular formula is C22H38N2O8. The van der Waals surface area contributed by atoms with Crippen molar-refractivity contribution in [1.82, 2.24) is 10.6 Å². The number of unbranched alkanes of at least 4 members (excludes halogenated alkanes) is 1. The number of hydrogen-bond acceptors (Lipinski definition) is 8. The Morgan fingerprint density at radius 1 is 0.844 bits per heavy atom. The van der Waals surface area contributed by atoms with Gasteiger partial charge in [0.2, 0.25) is 0 Å². The Morgan fingerprint density at radius 3 is 1.91 bits per heavy atom. The van der Waals surface area contributed by atoms with Crippen molar-refractivity contribution in [3.63, 3.8) is 0 Å². The van der Waals surface area contributed by atoms with E-state index in [0.717, 1.165) is 0 Å². The summed E-state index contributed by atoms with van der Waals surface area (Å²) in [6, 6.07) is -0.955. The Morgan fingerprint density at radius 2 is 1.38 bits per heavy atom. The van der Waals surface area contributed by atoms with Gasteiger partial charge in [-0.1, -0.05) is 6.58 Å². The first kappa shape index (κ1) is 29.2. The van der Waals surface area contributed by atoms with Crippen molar-refractivity contribution >= 4 is 24.1 Å². The van der Waals surface area contributed by atoms with Gasteiger partial charge in [-0.3, -0.25) is 0 Å². The van der Waals surface area contributed by atoms with Crippen molar-refractivity contribution in [3.05, 3.63) is 12.2 Å². The zero-order valence-electron chi connectivity index (χ0n) is 20.3. The third kappa shape index (κ3) is 16.0. The molecule has 10 heteroatoms. The molecule has 0 aromatic carbocycles. The molecule has 1 atom stereocenters. The first-order valence-corrected chi connectivity index (χ1v) is 10.6. The van der Waals surface area contributed by atoms with E-state index >= 15 is 0 Å². The molecule has 0 bridgehead atoms. The van der Waals surface area contributed by atoms with E-state index in [-0.39, 0.29) is 25.2 Å². The van der Waals surface area contributed by atoms with Crippen LogP contribution in [0.1, 0.15) is 67.7 Å². The quantitative estimate of drug-likeness (QED) is 0.209. The molecular weight excluding hydrogens is 420 g/mol. The maximum atomic E-state index is 12.4. The van der Waals surface area contributed by atoms with Crippen molar-refractivity contribution in [3.8, 4) is 0 Å². The second kappa shape index (κ2) is 13.6. The SMILES string of the molecule is C=C(C)C(=O)OCCOC(=O)[C@H](CCCCNC(=O)OC(C)(C)C)NC(=O)OC(C)(C)C. The Labute approximate surface area is 190 Å². The monoisotopic (exact) mass is 458 g/mol. The van der Waals surface area contributed by atoms with Crippen LogP contribution in [0.4, 0.5) is 9.59 Å². The van der Waals surface area contributed by atoms with E-state index in [9.17, 15) is 19.2 Å². The molecule has 32 heavy (non-hydrogen) atoms. The van der Waals surface area contributed by atoms with Gasteiger partial charge in [-0.05, 0) is 67.7 Å². The molecule has 0 radical (unpaired) electrons. The van der Waals surface area contributed by atoms with Crippen molar-refractivity contribution in [2.45, 2.75) is 85.0 Å².